The highest BCUT2D eigenvalue weighted by Crippen LogP contribution is 2.40. The van der Waals surface area contributed by atoms with Gasteiger partial charge in [-0.15, -0.1) is 21.5 Å². The summed E-state index contributed by atoms with van der Waals surface area (Å²) in [4.78, 5) is 56.8. The molecular weight excluding hydrogens is 852 g/mol. The van der Waals surface area contributed by atoms with Crippen LogP contribution in [-0.2, 0) is 22.6 Å². The smallest absolute Gasteiger partial charge is 0.319 e. The largest absolute Gasteiger partial charge is 0.457 e. The highest BCUT2D eigenvalue weighted by Gasteiger charge is 2.34. The van der Waals surface area contributed by atoms with E-state index in [1.54, 1.807) is 59.9 Å². The normalized spacial score (nSPS) is 15.4. The molecule has 0 fully saturated rings. The first-order chi connectivity index (χ1) is 29.8. The molecule has 4 heterocycles. The van der Waals surface area contributed by atoms with Crippen LogP contribution in [0, 0.1) is 20.8 Å². The van der Waals surface area contributed by atoms with E-state index >= 15 is 0 Å². The Hall–Kier alpha value is -6.39. The van der Waals surface area contributed by atoms with Gasteiger partial charge in [-0.1, -0.05) is 65.7 Å². The van der Waals surface area contributed by atoms with Crippen LogP contribution in [0.5, 0.6) is 11.5 Å². The number of carbonyl (C=O) groups is 4. The number of hydrogen-bond acceptors (Lipinski definition) is 10. The molecule has 0 aliphatic carbocycles. The number of aryl methyl sites for hydroxylation is 3. The van der Waals surface area contributed by atoms with E-state index in [1.807, 2.05) is 41.8 Å². The van der Waals surface area contributed by atoms with E-state index in [9.17, 15) is 24.3 Å². The fourth-order valence-electron chi connectivity index (χ4n) is 7.36. The summed E-state index contributed by atoms with van der Waals surface area (Å²) in [7, 11) is 0. The Morgan fingerprint density at radius 1 is 0.935 bits per heavy atom. The number of nitrogens with one attached hydrogen (secondary N) is 4. The summed E-state index contributed by atoms with van der Waals surface area (Å²) >= 11 is 14.5. The second-order valence-electron chi connectivity index (χ2n) is 14.9. The van der Waals surface area contributed by atoms with E-state index in [0.29, 0.717) is 46.7 Å². The lowest BCUT2D eigenvalue weighted by molar-refractivity contribution is -0.129. The summed E-state index contributed by atoms with van der Waals surface area (Å²) in [6.07, 6.45) is -0.158. The third kappa shape index (κ3) is 8.83. The van der Waals surface area contributed by atoms with Gasteiger partial charge in [-0.3, -0.25) is 29.3 Å². The van der Waals surface area contributed by atoms with E-state index in [4.69, 9.17) is 32.9 Å². The maximum absolute atomic E-state index is 13.4. The molecule has 4 aromatic carbocycles. The number of fused-ring (bicyclic) bond motifs is 4. The number of amides is 5. The molecule has 316 valence electrons. The van der Waals surface area contributed by atoms with Crippen molar-refractivity contribution < 1.29 is 29.0 Å². The Labute approximate surface area is 370 Å². The Kier molecular flexibility index (Phi) is 12.2. The monoisotopic (exact) mass is 890 g/mol. The second-order valence-corrected chi connectivity index (χ2v) is 16.9. The standard InChI is InChI=1S/C45H40Cl2N8O6S/c1-23-24(2)62-44-37(23)39(28-11-14-29(46)15-12-28)51-34(41-54-53-25(3)55(41)44)21-36(56)48-19-5-6-27-13-16-30(20-33(27)47)50-45(60)49-22-26-9-17-31(18-10-26)61-35-8-4-7-32-38(35)42(58)52-43(59)40(32)57/h4,7-18,20,34,40,57H,5-6,19,21-22H2,1-3H3,(H,48,56)(H2,49,50,60)(H,52,58,59)/t34-,40?/m0/s1. The van der Waals surface area contributed by atoms with E-state index in [2.05, 4.69) is 45.3 Å². The molecule has 5 amide bonds. The number of aliphatic hydroxyl groups excluding tert-OH is 1. The zero-order chi connectivity index (χ0) is 43.7. The van der Waals surface area contributed by atoms with Crippen molar-refractivity contribution in [3.05, 3.63) is 150 Å². The van der Waals surface area contributed by atoms with Crippen LogP contribution in [0.3, 0.4) is 0 Å². The van der Waals surface area contributed by atoms with Crippen LogP contribution in [-0.4, -0.2) is 55.9 Å². The lowest BCUT2D eigenvalue weighted by Crippen LogP contribution is -2.40. The predicted molar refractivity (Wildman–Crippen MR) is 237 cm³/mol. The topological polar surface area (TPSA) is 189 Å². The van der Waals surface area contributed by atoms with Crippen molar-refractivity contribution in [3.8, 4) is 16.5 Å². The molecule has 5 N–H and O–H groups in total. The highest BCUT2D eigenvalue weighted by molar-refractivity contribution is 7.15. The maximum Gasteiger partial charge on any atom is 0.319 e. The summed E-state index contributed by atoms with van der Waals surface area (Å²) in [6.45, 7) is 6.71. The zero-order valence-electron chi connectivity index (χ0n) is 33.7. The quantitative estimate of drug-likeness (QED) is 0.0604. The number of benzene rings is 4. The zero-order valence-corrected chi connectivity index (χ0v) is 36.0. The molecule has 0 saturated carbocycles. The number of imide groups is 1. The van der Waals surface area contributed by atoms with Crippen molar-refractivity contribution in [1.82, 2.24) is 30.7 Å². The van der Waals surface area contributed by atoms with Gasteiger partial charge in [-0.05, 0) is 92.8 Å². The van der Waals surface area contributed by atoms with Crippen LogP contribution in [0.2, 0.25) is 10.0 Å². The lowest BCUT2D eigenvalue weighted by Gasteiger charge is -2.22. The molecule has 17 heteroatoms. The SMILES string of the molecule is Cc1sc2c(c1C)C(c1ccc(Cl)cc1)=N[C@@H](CC(=O)NCCCc1ccc(NC(=O)NCc3ccc(Oc4cccc5c4C(=O)NC(=O)C5O)cc3)cc1Cl)c1nnc(C)n1-2. The number of carbonyl (C=O) groups excluding carboxylic acids is 4. The average Bonchev–Trinajstić information content (AvgIpc) is 3.73. The fourth-order valence-corrected chi connectivity index (χ4v) is 8.98. The molecule has 1 unspecified atom stereocenters. The van der Waals surface area contributed by atoms with E-state index in [1.165, 1.54) is 10.9 Å². The number of aliphatic imine (C=N–C) groups is 1. The number of hydrogen-bond donors (Lipinski definition) is 5. The van der Waals surface area contributed by atoms with Crippen molar-refractivity contribution in [2.45, 2.75) is 58.7 Å². The van der Waals surface area contributed by atoms with Crippen LogP contribution in [0.4, 0.5) is 10.5 Å². The third-order valence-corrected chi connectivity index (χ3v) is 12.5. The molecule has 0 bridgehead atoms. The first-order valence-corrected chi connectivity index (χ1v) is 21.3. The van der Waals surface area contributed by atoms with Crippen LogP contribution in [0.15, 0.2) is 89.9 Å². The van der Waals surface area contributed by atoms with Gasteiger partial charge >= 0.3 is 6.03 Å². The van der Waals surface area contributed by atoms with Gasteiger partial charge in [0.1, 0.15) is 28.4 Å². The average molecular weight is 892 g/mol. The number of ether oxygens (including phenoxy) is 1. The van der Waals surface area contributed by atoms with Gasteiger partial charge in [0, 0.05) is 50.4 Å². The van der Waals surface area contributed by atoms with E-state index in [-0.39, 0.29) is 35.7 Å². The summed E-state index contributed by atoms with van der Waals surface area (Å²) in [5, 5.41) is 31.9. The number of urea groups is 1. The van der Waals surface area contributed by atoms with Gasteiger partial charge in [0.15, 0.2) is 11.9 Å². The summed E-state index contributed by atoms with van der Waals surface area (Å²) < 4.78 is 7.92. The number of nitrogens with zero attached hydrogens (tertiary/aromatic N) is 4. The van der Waals surface area contributed by atoms with Gasteiger partial charge in [0.25, 0.3) is 11.8 Å². The van der Waals surface area contributed by atoms with E-state index in [0.717, 1.165) is 44.4 Å². The Morgan fingerprint density at radius 3 is 2.47 bits per heavy atom. The molecule has 0 spiro atoms. The lowest BCUT2D eigenvalue weighted by atomic mass is 9.96. The molecule has 2 atom stereocenters. The number of halogens is 2. The summed E-state index contributed by atoms with van der Waals surface area (Å²) in [5.41, 5.74) is 6.24. The predicted octanol–water partition coefficient (Wildman–Crippen LogP) is 8.01. The molecule has 8 rings (SSSR count). The van der Waals surface area contributed by atoms with Crippen LogP contribution < -0.4 is 26.0 Å². The Balaban J connectivity index is 0.823. The molecule has 2 aliphatic rings. The number of aliphatic hydroxyl groups is 1. The van der Waals surface area contributed by atoms with Gasteiger partial charge in [0.2, 0.25) is 5.91 Å². The molecule has 2 aliphatic heterocycles. The third-order valence-electron chi connectivity index (χ3n) is 10.7. The van der Waals surface area contributed by atoms with Crippen molar-refractivity contribution in [2.75, 3.05) is 11.9 Å². The summed E-state index contributed by atoms with van der Waals surface area (Å²) in [5.74, 6) is 0.348. The van der Waals surface area contributed by atoms with Crippen molar-refractivity contribution in [2.24, 2.45) is 4.99 Å². The van der Waals surface area contributed by atoms with Crippen molar-refractivity contribution in [1.29, 1.82) is 0 Å². The van der Waals surface area contributed by atoms with Crippen LogP contribution in [0.25, 0.3) is 5.00 Å². The van der Waals surface area contributed by atoms with E-state index < -0.39 is 30.0 Å². The number of thiophene rings is 1. The van der Waals surface area contributed by atoms with Crippen molar-refractivity contribution >= 4 is 69.7 Å². The van der Waals surface area contributed by atoms with Gasteiger partial charge in [0.05, 0.1) is 17.7 Å². The molecule has 0 saturated heterocycles. The first-order valence-electron chi connectivity index (χ1n) is 19.7. The minimum atomic E-state index is -1.47. The number of aromatic nitrogens is 3. The fraction of sp³-hybridized carbons (Fsp3) is 0.222. The molecule has 62 heavy (non-hydrogen) atoms. The highest BCUT2D eigenvalue weighted by atomic mass is 35.5. The van der Waals surface area contributed by atoms with Crippen LogP contribution >= 0.6 is 34.5 Å². The molecule has 2 aromatic heterocycles. The number of rotatable bonds is 12. The maximum atomic E-state index is 13.4. The van der Waals surface area contributed by atoms with Crippen molar-refractivity contribution in [3.63, 3.8) is 0 Å². The Morgan fingerprint density at radius 2 is 1.71 bits per heavy atom. The summed E-state index contributed by atoms with van der Waals surface area (Å²) in [6, 6.07) is 23.4. The molecule has 0 radical (unpaired) electrons. The molecular formula is C45H40Cl2N8O6S. The minimum Gasteiger partial charge on any atom is -0.457 e. The first kappa shape index (κ1) is 42.3. The second kappa shape index (κ2) is 17.9. The molecule has 6 aromatic rings. The van der Waals surface area contributed by atoms with Crippen LogP contribution in [0.1, 0.15) is 85.3 Å². The number of anilines is 1. The minimum absolute atomic E-state index is 0.0827. The van der Waals surface area contributed by atoms with Gasteiger partial charge < -0.3 is 25.8 Å². The molecule has 14 nitrogen and oxygen atoms in total. The Bertz CT molecular complexity index is 2770. The van der Waals surface area contributed by atoms with Gasteiger partial charge in [-0.2, -0.15) is 0 Å². The van der Waals surface area contributed by atoms with Gasteiger partial charge in [-0.25, -0.2) is 4.79 Å².